The van der Waals surface area contributed by atoms with Crippen molar-refractivity contribution in [2.75, 3.05) is 31.8 Å². The minimum atomic E-state index is -4.13. The molecule has 1 aromatic heterocycles. The molecule has 0 saturated carbocycles. The van der Waals surface area contributed by atoms with Gasteiger partial charge in [-0.15, -0.1) is 0 Å². The summed E-state index contributed by atoms with van der Waals surface area (Å²) in [5, 5.41) is 5.72. The van der Waals surface area contributed by atoms with Crippen LogP contribution in [0.1, 0.15) is 5.82 Å². The minimum Gasteiger partial charge on any atom is -0.467 e. The first kappa shape index (κ1) is 29.8. The average molecular weight is 591 g/mol. The number of carbonyl (C=O) groups is 2. The molecule has 0 aliphatic heterocycles. The molecule has 0 bridgehead atoms. The van der Waals surface area contributed by atoms with Gasteiger partial charge in [0.2, 0.25) is 5.95 Å². The van der Waals surface area contributed by atoms with Crippen LogP contribution in [0.2, 0.25) is 15.1 Å². The molecule has 198 valence electrons. The first-order valence-corrected chi connectivity index (χ1v) is 12.7. The highest BCUT2D eigenvalue weighted by atomic mass is 35.5. The number of nitrogens with zero attached hydrogens (tertiary/aromatic N) is 4. The second kappa shape index (κ2) is 13.2. The Kier molecular flexibility index (Phi) is 10.7. The number of aryl methyl sites for hydroxylation is 1. The van der Waals surface area contributed by atoms with Crippen molar-refractivity contribution in [2.24, 2.45) is 0 Å². The lowest BCUT2D eigenvalue weighted by Gasteiger charge is -2.12. The Morgan fingerprint density at radius 3 is 2.19 bits per heavy atom. The quantitative estimate of drug-likeness (QED) is 0.394. The third-order valence-electron chi connectivity index (χ3n) is 4.06. The van der Waals surface area contributed by atoms with Gasteiger partial charge in [-0.3, -0.25) is 5.32 Å². The van der Waals surface area contributed by atoms with E-state index in [0.717, 1.165) is 0 Å². The van der Waals surface area contributed by atoms with Gasteiger partial charge in [0, 0.05) is 19.8 Å². The maximum Gasteiger partial charge on any atom is 0.335 e. The number of sulfonamides is 1. The predicted molar refractivity (Wildman–Crippen MR) is 141 cm³/mol. The topological polar surface area (TPSA) is 156 Å². The molecule has 1 heterocycles. The van der Waals surface area contributed by atoms with Gasteiger partial charge in [-0.1, -0.05) is 46.9 Å². The van der Waals surface area contributed by atoms with E-state index in [0.29, 0.717) is 21.6 Å². The number of amides is 4. The number of hydrogen-bond donors (Lipinski definition) is 3. The Balaban J connectivity index is 0.000000294. The van der Waals surface area contributed by atoms with Gasteiger partial charge in [0.05, 0.1) is 22.2 Å². The number of halogens is 3. The van der Waals surface area contributed by atoms with Crippen molar-refractivity contribution in [1.82, 2.24) is 24.6 Å². The normalized spacial score (nSPS) is 10.5. The van der Waals surface area contributed by atoms with Gasteiger partial charge in [0.25, 0.3) is 10.0 Å². The number of ether oxygens (including phenoxy) is 1. The Labute approximate surface area is 228 Å². The van der Waals surface area contributed by atoms with Crippen molar-refractivity contribution in [3.05, 3.63) is 63.4 Å². The number of nitrogens with one attached hydrogen (secondary N) is 3. The molecule has 3 aromatic rings. The van der Waals surface area contributed by atoms with E-state index in [9.17, 15) is 18.0 Å². The molecule has 16 heteroatoms. The zero-order valence-electron chi connectivity index (χ0n) is 19.9. The molecule has 0 unspecified atom stereocenters. The van der Waals surface area contributed by atoms with Gasteiger partial charge < -0.3 is 15.0 Å². The molecule has 4 amide bonds. The summed E-state index contributed by atoms with van der Waals surface area (Å²) in [4.78, 5) is 35.8. The molecule has 0 aliphatic carbocycles. The Bertz CT molecular complexity index is 1390. The summed E-state index contributed by atoms with van der Waals surface area (Å²) in [7, 11) is 0.534. The summed E-state index contributed by atoms with van der Waals surface area (Å²) in [5.74, 6) is 0.141. The van der Waals surface area contributed by atoms with Crippen LogP contribution in [0.25, 0.3) is 0 Å². The highest BCUT2D eigenvalue weighted by Gasteiger charge is 2.21. The molecule has 12 nitrogen and oxygen atoms in total. The lowest BCUT2D eigenvalue weighted by Crippen LogP contribution is -2.35. The number of rotatable bonds is 5. The Hall–Kier alpha value is -3.39. The third kappa shape index (κ3) is 9.21. The molecule has 3 N–H and O–H groups in total. The Morgan fingerprint density at radius 1 is 0.919 bits per heavy atom. The zero-order valence-corrected chi connectivity index (χ0v) is 23.0. The standard InChI is InChI=1S/C12H12ClN5O4S.C9H10Cl2N2O/c1-7-14-10(17-12(15-7)22-2)16-11(19)18-23(20,21)9-6-4-3-5-8(9)13;1-13(2)9(14)12-6-3-4-7(10)8(11)5-6/h3-6H,1-2H3,(H2,14,15,16,17,18,19);3-5H,1-2H3,(H,12,14). The summed E-state index contributed by atoms with van der Waals surface area (Å²) in [5.41, 5.74) is 0.623. The van der Waals surface area contributed by atoms with Gasteiger partial charge in [-0.05, 0) is 37.3 Å². The van der Waals surface area contributed by atoms with E-state index in [1.807, 2.05) is 4.72 Å². The minimum absolute atomic E-state index is 0.00882. The second-order valence-electron chi connectivity index (χ2n) is 7.14. The summed E-state index contributed by atoms with van der Waals surface area (Å²) in [6.07, 6.45) is 0. The highest BCUT2D eigenvalue weighted by molar-refractivity contribution is 7.90. The predicted octanol–water partition coefficient (Wildman–Crippen LogP) is 4.44. The fourth-order valence-corrected chi connectivity index (χ4v) is 4.11. The van der Waals surface area contributed by atoms with Crippen molar-refractivity contribution in [3.8, 4) is 6.01 Å². The van der Waals surface area contributed by atoms with Crippen LogP contribution in [0, 0.1) is 6.92 Å². The number of anilines is 2. The van der Waals surface area contributed by atoms with Crippen LogP contribution in [-0.4, -0.2) is 61.5 Å². The molecule has 2 aromatic carbocycles. The third-order valence-corrected chi connectivity index (χ3v) is 6.63. The van der Waals surface area contributed by atoms with Crippen LogP contribution in [0.4, 0.5) is 21.2 Å². The molecular weight excluding hydrogens is 569 g/mol. The fourth-order valence-electron chi connectivity index (χ4n) is 2.38. The number of methoxy groups -OCH3 is 1. The van der Waals surface area contributed by atoms with Crippen molar-refractivity contribution in [2.45, 2.75) is 11.8 Å². The molecule has 3 rings (SSSR count). The van der Waals surface area contributed by atoms with Crippen LogP contribution < -0.4 is 20.1 Å². The highest BCUT2D eigenvalue weighted by Crippen LogP contribution is 2.25. The van der Waals surface area contributed by atoms with Gasteiger partial charge in [-0.25, -0.2) is 22.7 Å². The number of carbonyl (C=O) groups excluding carboxylic acids is 2. The van der Waals surface area contributed by atoms with Gasteiger partial charge >= 0.3 is 18.1 Å². The van der Waals surface area contributed by atoms with E-state index in [2.05, 4.69) is 25.6 Å². The van der Waals surface area contributed by atoms with Gasteiger partial charge in [0.1, 0.15) is 10.7 Å². The summed E-state index contributed by atoms with van der Waals surface area (Å²) in [6.45, 7) is 1.56. The van der Waals surface area contributed by atoms with E-state index in [-0.39, 0.29) is 27.9 Å². The smallest absolute Gasteiger partial charge is 0.335 e. The van der Waals surface area contributed by atoms with Crippen LogP contribution >= 0.6 is 34.8 Å². The molecule has 0 aliphatic rings. The van der Waals surface area contributed by atoms with Crippen LogP contribution in [-0.2, 0) is 10.0 Å². The largest absolute Gasteiger partial charge is 0.467 e. The van der Waals surface area contributed by atoms with Crippen molar-refractivity contribution < 1.29 is 22.7 Å². The summed E-state index contributed by atoms with van der Waals surface area (Å²) in [6, 6.07) is 9.39. The maximum atomic E-state index is 12.1. The number of aromatic nitrogens is 3. The molecule has 0 radical (unpaired) electrons. The first-order valence-electron chi connectivity index (χ1n) is 10.1. The fraction of sp³-hybridized carbons (Fsp3) is 0.190. The SMILES string of the molecule is CN(C)C(=O)Nc1ccc(Cl)c(Cl)c1.COc1nc(C)nc(NC(=O)NS(=O)(=O)c2ccccc2Cl)n1. The maximum absolute atomic E-state index is 12.1. The van der Waals surface area contributed by atoms with Gasteiger partial charge in [-0.2, -0.15) is 15.0 Å². The van der Waals surface area contributed by atoms with Crippen LogP contribution in [0.15, 0.2) is 47.4 Å². The summed E-state index contributed by atoms with van der Waals surface area (Å²) >= 11 is 17.3. The Morgan fingerprint density at radius 2 is 1.59 bits per heavy atom. The van der Waals surface area contributed by atoms with E-state index in [4.69, 9.17) is 39.5 Å². The molecule has 0 saturated heterocycles. The van der Waals surface area contributed by atoms with E-state index in [1.54, 1.807) is 45.3 Å². The number of urea groups is 2. The van der Waals surface area contributed by atoms with E-state index >= 15 is 0 Å². The van der Waals surface area contributed by atoms with Crippen LogP contribution in [0.3, 0.4) is 0 Å². The van der Waals surface area contributed by atoms with Crippen molar-refractivity contribution in [3.63, 3.8) is 0 Å². The first-order chi connectivity index (χ1) is 17.3. The van der Waals surface area contributed by atoms with E-state index in [1.165, 1.54) is 30.2 Å². The monoisotopic (exact) mass is 589 g/mol. The second-order valence-corrected chi connectivity index (χ2v) is 10.0. The van der Waals surface area contributed by atoms with E-state index < -0.39 is 16.1 Å². The van der Waals surface area contributed by atoms with Gasteiger partial charge in [0.15, 0.2) is 0 Å². The van der Waals surface area contributed by atoms with Crippen molar-refractivity contribution in [1.29, 1.82) is 0 Å². The molecule has 0 spiro atoms. The molecule has 0 fully saturated rings. The average Bonchev–Trinajstić information content (AvgIpc) is 2.81. The lowest BCUT2D eigenvalue weighted by molar-refractivity contribution is 0.230. The van der Waals surface area contributed by atoms with Crippen LogP contribution in [0.5, 0.6) is 6.01 Å². The summed E-state index contributed by atoms with van der Waals surface area (Å²) < 4.78 is 30.9. The molecule has 0 atom stereocenters. The number of hydrogen-bond acceptors (Lipinski definition) is 8. The zero-order chi connectivity index (χ0) is 27.8. The lowest BCUT2D eigenvalue weighted by atomic mass is 10.3. The molecular formula is C21H22Cl3N7O5S. The van der Waals surface area contributed by atoms with Crippen molar-refractivity contribution >= 4 is 68.5 Å². The number of benzene rings is 2. The molecule has 37 heavy (non-hydrogen) atoms.